The van der Waals surface area contributed by atoms with Crippen molar-refractivity contribution in [2.75, 3.05) is 0 Å². The van der Waals surface area contributed by atoms with E-state index in [2.05, 4.69) is 41.8 Å². The minimum absolute atomic E-state index is 0.0566. The van der Waals surface area contributed by atoms with E-state index in [1.807, 2.05) is 24.3 Å². The molecule has 1 atom stereocenters. The Morgan fingerprint density at radius 3 is 2.52 bits per heavy atom. The quantitative estimate of drug-likeness (QED) is 0.531. The van der Waals surface area contributed by atoms with Gasteiger partial charge in [-0.1, -0.05) is 48.5 Å². The van der Waals surface area contributed by atoms with E-state index in [1.165, 1.54) is 5.56 Å². The summed E-state index contributed by atoms with van der Waals surface area (Å²) < 4.78 is 5.88. The Morgan fingerprint density at radius 2 is 1.76 bits per heavy atom. The highest BCUT2D eigenvalue weighted by atomic mass is 16.3. The molecule has 3 rings (SSSR count). The monoisotopic (exact) mass is 280 g/mol. The molecule has 0 amide bonds. The van der Waals surface area contributed by atoms with E-state index >= 15 is 0 Å². The average molecular weight is 280 g/mol. The number of rotatable bonds is 6. The Hall–Kier alpha value is -2.10. The summed E-state index contributed by atoms with van der Waals surface area (Å²) in [4.78, 5) is 0. The van der Waals surface area contributed by atoms with Crippen LogP contribution in [-0.2, 0) is 6.42 Å². The standard InChI is InChI=1S/C18H20N2O/c19-20-16(11-6-9-14-7-2-1-3-8-14)18-13-15-10-4-5-12-17(15)21-18/h1-5,7-8,10,12-13,16,20H,6,9,11,19H2. The van der Waals surface area contributed by atoms with Gasteiger partial charge in [0.25, 0.3) is 0 Å². The Labute approximate surface area is 124 Å². The van der Waals surface area contributed by atoms with Crippen LogP contribution in [0.2, 0.25) is 0 Å². The van der Waals surface area contributed by atoms with E-state index in [0.29, 0.717) is 0 Å². The number of nitrogens with one attached hydrogen (secondary N) is 1. The van der Waals surface area contributed by atoms with Crippen LogP contribution in [0.25, 0.3) is 11.0 Å². The van der Waals surface area contributed by atoms with E-state index in [4.69, 9.17) is 10.3 Å². The highest BCUT2D eigenvalue weighted by molar-refractivity contribution is 5.77. The van der Waals surface area contributed by atoms with Crippen LogP contribution in [0.15, 0.2) is 65.1 Å². The molecule has 21 heavy (non-hydrogen) atoms. The van der Waals surface area contributed by atoms with Crippen molar-refractivity contribution in [3.8, 4) is 0 Å². The van der Waals surface area contributed by atoms with Crippen LogP contribution >= 0.6 is 0 Å². The van der Waals surface area contributed by atoms with Crippen LogP contribution in [0.5, 0.6) is 0 Å². The first-order valence-electron chi connectivity index (χ1n) is 7.35. The second-order valence-corrected chi connectivity index (χ2v) is 5.28. The molecule has 0 spiro atoms. The smallest absolute Gasteiger partial charge is 0.134 e. The van der Waals surface area contributed by atoms with Gasteiger partial charge in [0, 0.05) is 5.39 Å². The molecule has 1 heterocycles. The van der Waals surface area contributed by atoms with Crippen molar-refractivity contribution in [3.05, 3.63) is 72.0 Å². The minimum atomic E-state index is 0.0566. The fraction of sp³-hybridized carbons (Fsp3) is 0.222. The lowest BCUT2D eigenvalue weighted by atomic mass is 10.0. The molecule has 3 nitrogen and oxygen atoms in total. The number of fused-ring (bicyclic) bond motifs is 1. The third-order valence-corrected chi connectivity index (χ3v) is 3.79. The summed E-state index contributed by atoms with van der Waals surface area (Å²) in [5.74, 6) is 6.61. The normalized spacial score (nSPS) is 12.6. The van der Waals surface area contributed by atoms with Gasteiger partial charge in [0.1, 0.15) is 11.3 Å². The lowest BCUT2D eigenvalue weighted by Gasteiger charge is -2.12. The topological polar surface area (TPSA) is 51.2 Å². The van der Waals surface area contributed by atoms with Crippen LogP contribution < -0.4 is 11.3 Å². The predicted molar refractivity (Wildman–Crippen MR) is 85.7 cm³/mol. The summed E-state index contributed by atoms with van der Waals surface area (Å²) in [7, 11) is 0. The Balaban J connectivity index is 1.64. The third kappa shape index (κ3) is 3.32. The van der Waals surface area contributed by atoms with Crippen molar-refractivity contribution in [2.24, 2.45) is 5.84 Å². The van der Waals surface area contributed by atoms with Gasteiger partial charge in [0.2, 0.25) is 0 Å². The molecule has 3 heteroatoms. The van der Waals surface area contributed by atoms with Crippen molar-refractivity contribution >= 4 is 11.0 Å². The number of nitrogens with two attached hydrogens (primary N) is 1. The number of hydrogen-bond acceptors (Lipinski definition) is 3. The van der Waals surface area contributed by atoms with Gasteiger partial charge in [0.05, 0.1) is 6.04 Å². The number of aryl methyl sites for hydroxylation is 1. The second-order valence-electron chi connectivity index (χ2n) is 5.28. The Kier molecular flexibility index (Phi) is 4.34. The van der Waals surface area contributed by atoms with E-state index in [1.54, 1.807) is 0 Å². The fourth-order valence-corrected chi connectivity index (χ4v) is 2.64. The maximum atomic E-state index is 5.88. The molecule has 108 valence electrons. The minimum Gasteiger partial charge on any atom is -0.459 e. The van der Waals surface area contributed by atoms with Crippen LogP contribution in [0, 0.1) is 0 Å². The zero-order valence-electron chi connectivity index (χ0n) is 12.0. The first-order chi connectivity index (χ1) is 10.4. The lowest BCUT2D eigenvalue weighted by molar-refractivity contribution is 0.409. The van der Waals surface area contributed by atoms with E-state index in [0.717, 1.165) is 36.0 Å². The van der Waals surface area contributed by atoms with Crippen molar-refractivity contribution < 1.29 is 4.42 Å². The SMILES string of the molecule is NNC(CCCc1ccccc1)c1cc2ccccc2o1. The van der Waals surface area contributed by atoms with Gasteiger partial charge in [-0.15, -0.1) is 0 Å². The molecule has 0 fully saturated rings. The number of hydrogen-bond donors (Lipinski definition) is 2. The molecule has 0 radical (unpaired) electrons. The first kappa shape index (κ1) is 13.9. The van der Waals surface area contributed by atoms with Crippen molar-refractivity contribution in [1.29, 1.82) is 0 Å². The first-order valence-corrected chi connectivity index (χ1v) is 7.35. The van der Waals surface area contributed by atoms with Gasteiger partial charge in [-0.05, 0) is 37.0 Å². The molecule has 1 aromatic heterocycles. The van der Waals surface area contributed by atoms with Gasteiger partial charge in [-0.3, -0.25) is 5.84 Å². The maximum absolute atomic E-state index is 5.88. The van der Waals surface area contributed by atoms with Gasteiger partial charge >= 0.3 is 0 Å². The molecular weight excluding hydrogens is 260 g/mol. The van der Waals surface area contributed by atoms with Crippen LogP contribution in [0.1, 0.15) is 30.2 Å². The maximum Gasteiger partial charge on any atom is 0.134 e. The van der Waals surface area contributed by atoms with E-state index < -0.39 is 0 Å². The van der Waals surface area contributed by atoms with Crippen LogP contribution in [-0.4, -0.2) is 0 Å². The third-order valence-electron chi connectivity index (χ3n) is 3.79. The van der Waals surface area contributed by atoms with Gasteiger partial charge < -0.3 is 4.42 Å². The summed E-state index contributed by atoms with van der Waals surface area (Å²) in [6.07, 6.45) is 3.07. The molecule has 0 aliphatic heterocycles. The summed E-state index contributed by atoms with van der Waals surface area (Å²) >= 11 is 0. The van der Waals surface area contributed by atoms with Gasteiger partial charge in [-0.2, -0.15) is 0 Å². The number of hydrazine groups is 1. The Bertz CT molecular complexity index is 658. The van der Waals surface area contributed by atoms with Gasteiger partial charge in [-0.25, -0.2) is 5.43 Å². The lowest BCUT2D eigenvalue weighted by Crippen LogP contribution is -2.27. The summed E-state index contributed by atoms with van der Waals surface area (Å²) in [6.45, 7) is 0. The molecule has 0 saturated carbocycles. The van der Waals surface area contributed by atoms with Gasteiger partial charge in [0.15, 0.2) is 0 Å². The van der Waals surface area contributed by atoms with E-state index in [-0.39, 0.29) is 6.04 Å². The summed E-state index contributed by atoms with van der Waals surface area (Å²) in [5, 5.41) is 1.12. The molecule has 0 aliphatic carbocycles. The largest absolute Gasteiger partial charge is 0.459 e. The zero-order valence-corrected chi connectivity index (χ0v) is 12.0. The highest BCUT2D eigenvalue weighted by Gasteiger charge is 2.14. The second kappa shape index (κ2) is 6.57. The van der Waals surface area contributed by atoms with Crippen molar-refractivity contribution in [1.82, 2.24) is 5.43 Å². The van der Waals surface area contributed by atoms with Crippen LogP contribution in [0.3, 0.4) is 0 Å². The van der Waals surface area contributed by atoms with E-state index in [9.17, 15) is 0 Å². The fourth-order valence-electron chi connectivity index (χ4n) is 2.64. The summed E-state index contributed by atoms with van der Waals surface area (Å²) in [6, 6.07) is 20.7. The summed E-state index contributed by atoms with van der Waals surface area (Å²) in [5.41, 5.74) is 5.14. The van der Waals surface area contributed by atoms with Crippen molar-refractivity contribution in [2.45, 2.75) is 25.3 Å². The molecule has 0 bridgehead atoms. The van der Waals surface area contributed by atoms with Crippen molar-refractivity contribution in [3.63, 3.8) is 0 Å². The average Bonchev–Trinajstić information content (AvgIpc) is 2.96. The molecule has 0 aliphatic rings. The predicted octanol–water partition coefficient (Wildman–Crippen LogP) is 3.96. The molecule has 1 unspecified atom stereocenters. The molecule has 0 saturated heterocycles. The molecule has 2 aromatic carbocycles. The van der Waals surface area contributed by atoms with Crippen LogP contribution in [0.4, 0.5) is 0 Å². The number of benzene rings is 2. The highest BCUT2D eigenvalue weighted by Crippen LogP contribution is 2.26. The molecule has 3 aromatic rings. The number of para-hydroxylation sites is 1. The molecule has 3 N–H and O–H groups in total. The number of furan rings is 1. The zero-order chi connectivity index (χ0) is 14.5. The molecular formula is C18H20N2O. The Morgan fingerprint density at radius 1 is 1.00 bits per heavy atom.